The maximum atomic E-state index is 12.1. The quantitative estimate of drug-likeness (QED) is 0.645. The lowest BCUT2D eigenvalue weighted by atomic mass is 10.2. The van der Waals surface area contributed by atoms with E-state index in [1.165, 1.54) is 6.20 Å². The average Bonchev–Trinajstić information content (AvgIpc) is 2.41. The molecule has 102 valence electrons. The van der Waals surface area contributed by atoms with E-state index in [-0.39, 0.29) is 17.1 Å². The Bertz CT molecular complexity index is 687. The number of rotatable bonds is 3. The zero-order chi connectivity index (χ0) is 14.7. The van der Waals surface area contributed by atoms with E-state index in [1.807, 2.05) is 0 Å². The van der Waals surface area contributed by atoms with Crippen molar-refractivity contribution in [2.75, 3.05) is 11.1 Å². The Hall–Kier alpha value is -3.03. The molecule has 0 saturated heterocycles. The summed E-state index contributed by atoms with van der Waals surface area (Å²) in [5.74, 6) is -0.314. The van der Waals surface area contributed by atoms with Crippen LogP contribution in [0.2, 0.25) is 0 Å². The Balaban J connectivity index is 2.32. The molecule has 0 fully saturated rings. The number of pyridine rings is 2. The van der Waals surface area contributed by atoms with Crippen LogP contribution in [0.3, 0.4) is 0 Å². The number of aryl methyl sites for hydroxylation is 1. The first kappa shape index (κ1) is 13.4. The molecule has 0 aliphatic heterocycles. The topological polar surface area (TPSA) is 124 Å². The van der Waals surface area contributed by atoms with Crippen LogP contribution in [0.25, 0.3) is 0 Å². The van der Waals surface area contributed by atoms with Crippen molar-refractivity contribution in [3.8, 4) is 0 Å². The van der Waals surface area contributed by atoms with Gasteiger partial charge < -0.3 is 11.1 Å². The van der Waals surface area contributed by atoms with Crippen molar-refractivity contribution in [3.63, 3.8) is 0 Å². The van der Waals surface area contributed by atoms with Crippen LogP contribution < -0.4 is 11.1 Å². The highest BCUT2D eigenvalue weighted by atomic mass is 16.6. The normalized spacial score (nSPS) is 10.1. The van der Waals surface area contributed by atoms with Gasteiger partial charge in [0.15, 0.2) is 0 Å². The Morgan fingerprint density at radius 2 is 2.20 bits per heavy atom. The van der Waals surface area contributed by atoms with E-state index >= 15 is 0 Å². The molecule has 0 aliphatic rings. The fraction of sp³-hybridized carbons (Fsp3) is 0.0833. The maximum Gasteiger partial charge on any atom is 0.288 e. The molecule has 0 saturated carbocycles. The fourth-order valence-electron chi connectivity index (χ4n) is 1.54. The van der Waals surface area contributed by atoms with E-state index < -0.39 is 10.8 Å². The van der Waals surface area contributed by atoms with Gasteiger partial charge in [0, 0.05) is 12.3 Å². The molecule has 2 aromatic heterocycles. The molecule has 0 radical (unpaired) electrons. The number of hydrogen-bond acceptors (Lipinski definition) is 6. The number of nitrogen functional groups attached to an aromatic ring is 1. The van der Waals surface area contributed by atoms with E-state index in [9.17, 15) is 14.9 Å². The van der Waals surface area contributed by atoms with Crippen LogP contribution in [-0.4, -0.2) is 20.8 Å². The van der Waals surface area contributed by atoms with Gasteiger partial charge in [0.05, 0.1) is 10.5 Å². The minimum absolute atomic E-state index is 0.0655. The lowest BCUT2D eigenvalue weighted by Crippen LogP contribution is -2.16. The molecule has 8 heteroatoms. The van der Waals surface area contributed by atoms with Crippen molar-refractivity contribution < 1.29 is 9.72 Å². The van der Waals surface area contributed by atoms with Gasteiger partial charge in [-0.3, -0.25) is 14.9 Å². The molecular weight excluding hydrogens is 262 g/mol. The summed E-state index contributed by atoms with van der Waals surface area (Å²) in [5.41, 5.74) is 5.96. The first-order valence-corrected chi connectivity index (χ1v) is 5.62. The second-order valence-electron chi connectivity index (χ2n) is 4.01. The zero-order valence-corrected chi connectivity index (χ0v) is 10.5. The number of carbonyl (C=O) groups excluding carboxylic acids is 1. The second-order valence-corrected chi connectivity index (χ2v) is 4.01. The van der Waals surface area contributed by atoms with Crippen LogP contribution in [0, 0.1) is 17.0 Å². The summed E-state index contributed by atoms with van der Waals surface area (Å²) < 4.78 is 0. The van der Waals surface area contributed by atoms with E-state index in [1.54, 1.807) is 19.1 Å². The molecule has 1 amide bonds. The molecule has 0 aromatic carbocycles. The Labute approximate surface area is 113 Å². The van der Waals surface area contributed by atoms with E-state index in [4.69, 9.17) is 5.73 Å². The van der Waals surface area contributed by atoms with Crippen LogP contribution in [0.5, 0.6) is 0 Å². The maximum absolute atomic E-state index is 12.1. The molecule has 8 nitrogen and oxygen atoms in total. The van der Waals surface area contributed by atoms with Crippen LogP contribution in [-0.2, 0) is 0 Å². The number of carbonyl (C=O) groups is 1. The van der Waals surface area contributed by atoms with E-state index in [0.717, 1.165) is 17.8 Å². The number of hydrogen-bond donors (Lipinski definition) is 2. The predicted molar refractivity (Wildman–Crippen MR) is 72.2 cm³/mol. The number of nitrogens with zero attached hydrogens (tertiary/aromatic N) is 3. The number of anilines is 2. The van der Waals surface area contributed by atoms with Gasteiger partial charge in [0.2, 0.25) is 0 Å². The number of nitrogens with one attached hydrogen (secondary N) is 1. The summed E-state index contributed by atoms with van der Waals surface area (Å²) in [6.45, 7) is 1.78. The highest BCUT2D eigenvalue weighted by Gasteiger charge is 2.17. The van der Waals surface area contributed by atoms with Gasteiger partial charge >= 0.3 is 0 Å². The van der Waals surface area contributed by atoms with Crippen molar-refractivity contribution in [2.45, 2.75) is 6.92 Å². The number of aromatic nitrogens is 2. The summed E-state index contributed by atoms with van der Waals surface area (Å²) in [6, 6.07) is 4.59. The molecule has 0 atom stereocenters. The molecular formula is C12H11N5O3. The molecule has 3 N–H and O–H groups in total. The second kappa shape index (κ2) is 5.31. The van der Waals surface area contributed by atoms with Gasteiger partial charge in [0.1, 0.15) is 17.8 Å². The minimum atomic E-state index is -0.644. The SMILES string of the molecule is Cc1cccnc1NC(=O)c1cc([N+](=O)[O-])cnc1N. The minimum Gasteiger partial charge on any atom is -0.383 e. The van der Waals surface area contributed by atoms with Gasteiger partial charge in [-0.25, -0.2) is 9.97 Å². The van der Waals surface area contributed by atoms with Gasteiger partial charge in [-0.05, 0) is 18.6 Å². The lowest BCUT2D eigenvalue weighted by Gasteiger charge is -2.08. The van der Waals surface area contributed by atoms with Crippen molar-refractivity contribution in [3.05, 3.63) is 51.8 Å². The molecule has 0 aliphatic carbocycles. The average molecular weight is 273 g/mol. The summed E-state index contributed by atoms with van der Waals surface area (Å²) >= 11 is 0. The van der Waals surface area contributed by atoms with Gasteiger partial charge in [-0.15, -0.1) is 0 Å². The standard InChI is InChI=1S/C12H11N5O3/c1-7-3-2-4-14-11(7)16-12(18)9-5-8(17(19)20)6-15-10(9)13/h2-6H,1H3,(H2,13,15)(H,14,16,18). The summed E-state index contributed by atoms with van der Waals surface area (Å²) in [4.78, 5) is 29.7. The highest BCUT2D eigenvalue weighted by Crippen LogP contribution is 2.18. The Kier molecular flexibility index (Phi) is 3.56. The smallest absolute Gasteiger partial charge is 0.288 e. The van der Waals surface area contributed by atoms with Crippen molar-refractivity contribution >= 4 is 23.2 Å². The first-order valence-electron chi connectivity index (χ1n) is 5.62. The number of nitrogens with two attached hydrogens (primary N) is 1. The monoisotopic (exact) mass is 273 g/mol. The van der Waals surface area contributed by atoms with E-state index in [2.05, 4.69) is 15.3 Å². The van der Waals surface area contributed by atoms with Gasteiger partial charge in [-0.2, -0.15) is 0 Å². The number of amides is 1. The molecule has 20 heavy (non-hydrogen) atoms. The van der Waals surface area contributed by atoms with Crippen LogP contribution in [0.1, 0.15) is 15.9 Å². The summed E-state index contributed by atoms with van der Waals surface area (Å²) in [7, 11) is 0. The molecule has 0 bridgehead atoms. The van der Waals surface area contributed by atoms with Crippen LogP contribution >= 0.6 is 0 Å². The lowest BCUT2D eigenvalue weighted by molar-refractivity contribution is -0.385. The third kappa shape index (κ3) is 2.69. The van der Waals surface area contributed by atoms with E-state index in [0.29, 0.717) is 5.82 Å². The van der Waals surface area contributed by atoms with Gasteiger partial charge in [0.25, 0.3) is 11.6 Å². The van der Waals surface area contributed by atoms with Crippen molar-refractivity contribution in [1.82, 2.24) is 9.97 Å². The molecule has 2 rings (SSSR count). The predicted octanol–water partition coefficient (Wildman–Crippen LogP) is 1.53. The zero-order valence-electron chi connectivity index (χ0n) is 10.5. The van der Waals surface area contributed by atoms with Crippen molar-refractivity contribution in [2.24, 2.45) is 0 Å². The Morgan fingerprint density at radius 1 is 1.45 bits per heavy atom. The molecule has 2 aromatic rings. The third-order valence-corrected chi connectivity index (χ3v) is 2.60. The fourth-order valence-corrected chi connectivity index (χ4v) is 1.54. The third-order valence-electron chi connectivity index (χ3n) is 2.60. The highest BCUT2D eigenvalue weighted by molar-refractivity contribution is 6.07. The largest absolute Gasteiger partial charge is 0.383 e. The number of nitro groups is 1. The van der Waals surface area contributed by atoms with Crippen molar-refractivity contribution in [1.29, 1.82) is 0 Å². The van der Waals surface area contributed by atoms with Crippen LogP contribution in [0.15, 0.2) is 30.6 Å². The summed E-state index contributed by atoms with van der Waals surface area (Å²) in [6.07, 6.45) is 2.52. The van der Waals surface area contributed by atoms with Crippen LogP contribution in [0.4, 0.5) is 17.3 Å². The molecule has 0 unspecified atom stereocenters. The summed E-state index contributed by atoms with van der Waals surface area (Å²) in [5, 5.41) is 13.2. The first-order chi connectivity index (χ1) is 9.49. The van der Waals surface area contributed by atoms with Gasteiger partial charge in [-0.1, -0.05) is 6.07 Å². The Morgan fingerprint density at radius 3 is 2.85 bits per heavy atom. The molecule has 2 heterocycles. The molecule has 0 spiro atoms.